The minimum absolute atomic E-state index is 0.00846. The van der Waals surface area contributed by atoms with Crippen LogP contribution in [0.4, 0.5) is 0 Å². The van der Waals surface area contributed by atoms with E-state index in [0.29, 0.717) is 18.9 Å². The van der Waals surface area contributed by atoms with Gasteiger partial charge in [-0.25, -0.2) is 0 Å². The first-order valence-corrected chi connectivity index (χ1v) is 6.83. The molecular weight excluding hydrogens is 230 g/mol. The summed E-state index contributed by atoms with van der Waals surface area (Å²) in [5, 5.41) is 14.6. The molecule has 5 heteroatoms. The fourth-order valence-corrected chi connectivity index (χ4v) is 2.65. The Morgan fingerprint density at radius 3 is 2.78 bits per heavy atom. The number of carbonyl (C=O) groups excluding carboxylic acids is 1. The molecule has 1 amide bonds. The van der Waals surface area contributed by atoms with Crippen LogP contribution < -0.4 is 11.1 Å². The van der Waals surface area contributed by atoms with E-state index in [-0.39, 0.29) is 11.7 Å². The lowest BCUT2D eigenvalue weighted by atomic mass is 10.0. The van der Waals surface area contributed by atoms with Crippen molar-refractivity contribution in [2.24, 2.45) is 28.6 Å². The quantitative estimate of drug-likeness (QED) is 0.292. The molecule has 3 unspecified atom stereocenters. The minimum atomic E-state index is -0.501. The molecule has 0 aliphatic heterocycles. The van der Waals surface area contributed by atoms with Crippen LogP contribution in [0.15, 0.2) is 5.16 Å². The van der Waals surface area contributed by atoms with E-state index >= 15 is 0 Å². The molecule has 0 saturated heterocycles. The largest absolute Gasteiger partial charge is 0.409 e. The van der Waals surface area contributed by atoms with E-state index in [1.165, 1.54) is 19.3 Å². The Balaban J connectivity index is 2.41. The van der Waals surface area contributed by atoms with Gasteiger partial charge in [-0.3, -0.25) is 4.79 Å². The second-order valence-corrected chi connectivity index (χ2v) is 5.40. The molecule has 0 aromatic carbocycles. The maximum Gasteiger partial charge on any atom is 0.230 e. The third kappa shape index (κ3) is 4.20. The number of hydrogen-bond donors (Lipinski definition) is 3. The molecule has 5 nitrogen and oxygen atoms in total. The number of carbonyl (C=O) groups is 1. The van der Waals surface area contributed by atoms with E-state index in [1.807, 2.05) is 6.92 Å². The van der Waals surface area contributed by atoms with Crippen molar-refractivity contribution in [3.8, 4) is 0 Å². The first kappa shape index (κ1) is 14.8. The topological polar surface area (TPSA) is 87.7 Å². The van der Waals surface area contributed by atoms with Crippen LogP contribution in [-0.4, -0.2) is 23.5 Å². The number of rotatable bonds is 6. The van der Waals surface area contributed by atoms with Crippen molar-refractivity contribution < 1.29 is 10.0 Å². The number of amidine groups is 1. The summed E-state index contributed by atoms with van der Waals surface area (Å²) in [4.78, 5) is 12.0. The van der Waals surface area contributed by atoms with Crippen LogP contribution in [0.2, 0.25) is 0 Å². The minimum Gasteiger partial charge on any atom is -0.409 e. The van der Waals surface area contributed by atoms with Crippen molar-refractivity contribution in [1.29, 1.82) is 0 Å². The van der Waals surface area contributed by atoms with Gasteiger partial charge in [-0.2, -0.15) is 0 Å². The van der Waals surface area contributed by atoms with Crippen LogP contribution >= 0.6 is 0 Å². The van der Waals surface area contributed by atoms with Crippen molar-refractivity contribution >= 4 is 11.7 Å². The number of nitrogens with two attached hydrogens (primary N) is 1. The van der Waals surface area contributed by atoms with Crippen LogP contribution in [0.1, 0.15) is 46.0 Å². The van der Waals surface area contributed by atoms with Gasteiger partial charge in [-0.1, -0.05) is 31.8 Å². The Bertz CT molecular complexity index is 305. The number of nitrogens with zero attached hydrogens (tertiary/aromatic N) is 1. The highest BCUT2D eigenvalue weighted by Gasteiger charge is 2.25. The van der Waals surface area contributed by atoms with E-state index in [2.05, 4.69) is 17.4 Å². The SMILES string of the molecule is CCCC(C(=O)NCC1CCC(C)C1)C(N)=NO. The zero-order valence-electron chi connectivity index (χ0n) is 11.4. The maximum absolute atomic E-state index is 12.0. The predicted octanol–water partition coefficient (Wildman–Crippen LogP) is 1.70. The van der Waals surface area contributed by atoms with E-state index in [0.717, 1.165) is 12.3 Å². The molecule has 1 rings (SSSR count). The molecule has 0 bridgehead atoms. The second-order valence-electron chi connectivity index (χ2n) is 5.40. The van der Waals surface area contributed by atoms with Crippen molar-refractivity contribution in [3.63, 3.8) is 0 Å². The highest BCUT2D eigenvalue weighted by molar-refractivity contribution is 6.02. The zero-order valence-corrected chi connectivity index (χ0v) is 11.4. The van der Waals surface area contributed by atoms with E-state index in [1.54, 1.807) is 0 Å². The lowest BCUT2D eigenvalue weighted by molar-refractivity contribution is -0.123. The molecule has 3 atom stereocenters. The average Bonchev–Trinajstić information content (AvgIpc) is 2.78. The monoisotopic (exact) mass is 255 g/mol. The summed E-state index contributed by atoms with van der Waals surface area (Å²) in [6, 6.07) is 0. The molecule has 1 aliphatic carbocycles. The van der Waals surface area contributed by atoms with Crippen LogP contribution in [0.3, 0.4) is 0 Å². The van der Waals surface area contributed by atoms with Gasteiger partial charge < -0.3 is 16.3 Å². The van der Waals surface area contributed by atoms with Gasteiger partial charge in [0.2, 0.25) is 5.91 Å². The van der Waals surface area contributed by atoms with E-state index in [4.69, 9.17) is 10.9 Å². The summed E-state index contributed by atoms with van der Waals surface area (Å²) in [5.41, 5.74) is 5.55. The third-order valence-electron chi connectivity index (χ3n) is 3.73. The Kier molecular flexibility index (Phi) is 5.95. The lowest BCUT2D eigenvalue weighted by Crippen LogP contribution is -2.40. The molecule has 104 valence electrons. The molecule has 0 radical (unpaired) electrons. The third-order valence-corrected chi connectivity index (χ3v) is 3.73. The summed E-state index contributed by atoms with van der Waals surface area (Å²) >= 11 is 0. The van der Waals surface area contributed by atoms with Crippen molar-refractivity contribution in [3.05, 3.63) is 0 Å². The van der Waals surface area contributed by atoms with Crippen LogP contribution in [0.5, 0.6) is 0 Å². The fraction of sp³-hybridized carbons (Fsp3) is 0.846. The molecule has 18 heavy (non-hydrogen) atoms. The number of oxime groups is 1. The number of nitrogens with one attached hydrogen (secondary N) is 1. The van der Waals surface area contributed by atoms with Gasteiger partial charge in [-0.05, 0) is 31.1 Å². The van der Waals surface area contributed by atoms with Crippen molar-refractivity contribution in [2.75, 3.05) is 6.54 Å². The van der Waals surface area contributed by atoms with Crippen molar-refractivity contribution in [2.45, 2.75) is 46.0 Å². The molecule has 0 spiro atoms. The number of hydrogen-bond acceptors (Lipinski definition) is 3. The maximum atomic E-state index is 12.0. The highest BCUT2D eigenvalue weighted by Crippen LogP contribution is 2.29. The van der Waals surface area contributed by atoms with Crippen LogP contribution in [0.25, 0.3) is 0 Å². The molecule has 1 saturated carbocycles. The van der Waals surface area contributed by atoms with Crippen LogP contribution in [-0.2, 0) is 4.79 Å². The summed E-state index contributed by atoms with van der Waals surface area (Å²) in [5.74, 6) is 0.737. The van der Waals surface area contributed by atoms with Crippen molar-refractivity contribution in [1.82, 2.24) is 5.32 Å². The Labute approximate surface area is 109 Å². The summed E-state index contributed by atoms with van der Waals surface area (Å²) < 4.78 is 0. The molecule has 0 aromatic rings. The number of amides is 1. The summed E-state index contributed by atoms with van der Waals surface area (Å²) in [7, 11) is 0. The Morgan fingerprint density at radius 1 is 1.56 bits per heavy atom. The molecule has 0 heterocycles. The Hall–Kier alpha value is -1.26. The summed E-state index contributed by atoms with van der Waals surface area (Å²) in [6.45, 7) is 4.93. The predicted molar refractivity (Wildman–Crippen MR) is 71.3 cm³/mol. The molecule has 1 aliphatic rings. The lowest BCUT2D eigenvalue weighted by Gasteiger charge is -2.17. The highest BCUT2D eigenvalue weighted by atomic mass is 16.4. The Morgan fingerprint density at radius 2 is 2.28 bits per heavy atom. The molecule has 0 aromatic heterocycles. The van der Waals surface area contributed by atoms with Gasteiger partial charge in [0, 0.05) is 6.54 Å². The molecule has 1 fully saturated rings. The standard InChI is InChI=1S/C13H25N3O2/c1-3-4-11(12(14)16-18)13(17)15-8-10-6-5-9(2)7-10/h9-11,18H,3-8H2,1-2H3,(H2,14,16)(H,15,17). The fourth-order valence-electron chi connectivity index (χ4n) is 2.65. The van der Waals surface area contributed by atoms with Gasteiger partial charge in [0.15, 0.2) is 5.84 Å². The zero-order chi connectivity index (χ0) is 13.5. The summed E-state index contributed by atoms with van der Waals surface area (Å²) in [6.07, 6.45) is 5.06. The molecule has 4 N–H and O–H groups in total. The van der Waals surface area contributed by atoms with Gasteiger partial charge in [0.1, 0.15) is 0 Å². The van der Waals surface area contributed by atoms with Crippen LogP contribution in [0, 0.1) is 17.8 Å². The van der Waals surface area contributed by atoms with Gasteiger partial charge in [-0.15, -0.1) is 0 Å². The van der Waals surface area contributed by atoms with E-state index < -0.39 is 5.92 Å². The van der Waals surface area contributed by atoms with E-state index in [9.17, 15) is 4.79 Å². The molecular formula is C13H25N3O2. The average molecular weight is 255 g/mol. The van der Waals surface area contributed by atoms with Gasteiger partial charge in [0.05, 0.1) is 5.92 Å². The first-order chi connectivity index (χ1) is 8.58. The second kappa shape index (κ2) is 7.24. The first-order valence-electron chi connectivity index (χ1n) is 6.83. The smallest absolute Gasteiger partial charge is 0.230 e. The normalized spacial score (nSPS) is 26.0. The van der Waals surface area contributed by atoms with Gasteiger partial charge in [0.25, 0.3) is 0 Å². The van der Waals surface area contributed by atoms with Gasteiger partial charge >= 0.3 is 0 Å².